The van der Waals surface area contributed by atoms with Gasteiger partial charge in [-0.1, -0.05) is 11.6 Å². The van der Waals surface area contributed by atoms with E-state index in [4.69, 9.17) is 21.8 Å². The zero-order valence-electron chi connectivity index (χ0n) is 8.38. The molecule has 2 N–H and O–H groups in total. The molecule has 0 atom stereocenters. The monoisotopic (exact) mass is 240 g/mol. The Hall–Kier alpha value is -1.88. The molecule has 0 heterocycles. The first kappa shape index (κ1) is 12.2. The molecule has 5 nitrogen and oxygen atoms in total. The van der Waals surface area contributed by atoms with Crippen molar-refractivity contribution in [3.63, 3.8) is 0 Å². The molecule has 0 aliphatic rings. The number of benzene rings is 1. The fourth-order valence-corrected chi connectivity index (χ4v) is 1.01. The predicted octanol–water partition coefficient (Wildman–Crippen LogP) is 3.30. The summed E-state index contributed by atoms with van der Waals surface area (Å²) in [5, 5.41) is 25.3. The molecular weight excluding hydrogens is 232 g/mol. The molecular formula is C10H9ClN2O3. The van der Waals surface area contributed by atoms with Gasteiger partial charge >= 0.3 is 5.97 Å². The van der Waals surface area contributed by atoms with Crippen molar-refractivity contribution in [3.8, 4) is 0 Å². The van der Waals surface area contributed by atoms with E-state index in [2.05, 4.69) is 10.2 Å². The summed E-state index contributed by atoms with van der Waals surface area (Å²) in [6.45, 7) is 1.23. The molecule has 6 heteroatoms. The second-order valence-corrected chi connectivity index (χ2v) is 3.35. The second kappa shape index (κ2) is 5.27. The molecule has 0 radical (unpaired) electrons. The first-order valence-corrected chi connectivity index (χ1v) is 4.69. The normalized spacial score (nSPS) is 12.6. The van der Waals surface area contributed by atoms with Crippen molar-refractivity contribution < 1.29 is 15.0 Å². The number of aliphatic carboxylic acids is 1. The smallest absolute Gasteiger partial charge is 0.359 e. The summed E-state index contributed by atoms with van der Waals surface area (Å²) < 4.78 is 0. The van der Waals surface area contributed by atoms with E-state index in [1.54, 1.807) is 24.3 Å². The van der Waals surface area contributed by atoms with Crippen molar-refractivity contribution in [2.75, 3.05) is 0 Å². The summed E-state index contributed by atoms with van der Waals surface area (Å²) in [5.74, 6) is -1.73. The lowest BCUT2D eigenvalue weighted by molar-refractivity contribution is -0.132. The van der Waals surface area contributed by atoms with Crippen LogP contribution in [0.25, 0.3) is 0 Å². The molecule has 0 amide bonds. The zero-order chi connectivity index (χ0) is 12.1. The standard InChI is InChI=1S/C10H9ClN2O3/c1-6(14)9(10(15)16)13-12-8-4-2-7(11)3-5-8/h2-5,14H,1H3,(H,15,16)/b9-6-,13-12?. The summed E-state index contributed by atoms with van der Waals surface area (Å²) in [5.41, 5.74) is -0.0423. The van der Waals surface area contributed by atoms with Gasteiger partial charge in [0.2, 0.25) is 5.70 Å². The summed E-state index contributed by atoms with van der Waals surface area (Å²) in [4.78, 5) is 10.6. The van der Waals surface area contributed by atoms with E-state index >= 15 is 0 Å². The Bertz CT molecular complexity index is 448. The molecule has 84 valence electrons. The predicted molar refractivity (Wildman–Crippen MR) is 58.9 cm³/mol. The van der Waals surface area contributed by atoms with Gasteiger partial charge in [-0.25, -0.2) is 4.79 Å². The summed E-state index contributed by atoms with van der Waals surface area (Å²) >= 11 is 5.66. The third-order valence-corrected chi connectivity index (χ3v) is 1.89. The van der Waals surface area contributed by atoms with Gasteiger partial charge in [0.25, 0.3) is 0 Å². The number of azo groups is 1. The number of hydrogen-bond donors (Lipinski definition) is 2. The molecule has 0 aliphatic carbocycles. The van der Waals surface area contributed by atoms with Crippen molar-refractivity contribution in [2.45, 2.75) is 6.92 Å². The van der Waals surface area contributed by atoms with E-state index in [0.717, 1.165) is 0 Å². The first-order valence-electron chi connectivity index (χ1n) is 4.31. The van der Waals surface area contributed by atoms with Gasteiger partial charge in [0.05, 0.1) is 5.69 Å². The maximum absolute atomic E-state index is 10.6. The highest BCUT2D eigenvalue weighted by atomic mass is 35.5. The Kier molecular flexibility index (Phi) is 4.02. The molecule has 0 aliphatic heterocycles. The number of carboxylic acid groups (broad SMARTS) is 1. The van der Waals surface area contributed by atoms with Gasteiger partial charge in [0.15, 0.2) is 0 Å². The molecule has 0 spiro atoms. The zero-order valence-corrected chi connectivity index (χ0v) is 9.14. The van der Waals surface area contributed by atoms with E-state index in [1.165, 1.54) is 6.92 Å². The van der Waals surface area contributed by atoms with Crippen LogP contribution in [-0.2, 0) is 4.79 Å². The number of carboxylic acids is 1. The molecule has 0 aromatic heterocycles. The van der Waals surface area contributed by atoms with Crippen molar-refractivity contribution in [3.05, 3.63) is 40.7 Å². The minimum Gasteiger partial charge on any atom is -0.510 e. The molecule has 1 rings (SSSR count). The molecule has 0 saturated heterocycles. The first-order chi connectivity index (χ1) is 7.50. The molecule has 1 aromatic rings. The summed E-state index contributed by atoms with van der Waals surface area (Å²) in [6, 6.07) is 6.37. The van der Waals surface area contributed by atoms with E-state index in [9.17, 15) is 4.79 Å². The van der Waals surface area contributed by atoms with E-state index in [0.29, 0.717) is 10.7 Å². The van der Waals surface area contributed by atoms with Gasteiger partial charge in [-0.2, -0.15) is 5.11 Å². The van der Waals surface area contributed by atoms with Gasteiger partial charge in [0, 0.05) is 5.02 Å². The highest BCUT2D eigenvalue weighted by molar-refractivity contribution is 6.30. The Morgan fingerprint density at radius 3 is 2.25 bits per heavy atom. The molecule has 16 heavy (non-hydrogen) atoms. The van der Waals surface area contributed by atoms with Crippen molar-refractivity contribution in [1.82, 2.24) is 0 Å². The minimum absolute atomic E-state index is 0.398. The van der Waals surface area contributed by atoms with Crippen LogP contribution >= 0.6 is 11.6 Å². The Morgan fingerprint density at radius 2 is 1.81 bits per heavy atom. The minimum atomic E-state index is -1.34. The molecule has 1 aromatic carbocycles. The lowest BCUT2D eigenvalue weighted by atomic mass is 10.3. The molecule has 0 fully saturated rings. The second-order valence-electron chi connectivity index (χ2n) is 2.92. The number of aliphatic hydroxyl groups is 1. The van der Waals surface area contributed by atoms with E-state index < -0.39 is 17.4 Å². The lowest BCUT2D eigenvalue weighted by Gasteiger charge is -1.95. The van der Waals surface area contributed by atoms with Crippen molar-refractivity contribution >= 4 is 23.3 Å². The average molecular weight is 241 g/mol. The van der Waals surface area contributed by atoms with Crippen LogP contribution in [0.4, 0.5) is 5.69 Å². The number of halogens is 1. The van der Waals surface area contributed by atoms with Crippen LogP contribution in [0.1, 0.15) is 6.92 Å². The number of aliphatic hydroxyl groups excluding tert-OH is 1. The maximum atomic E-state index is 10.6. The Labute approximate surface area is 96.7 Å². The Morgan fingerprint density at radius 1 is 1.25 bits per heavy atom. The topological polar surface area (TPSA) is 82.2 Å². The quantitative estimate of drug-likeness (QED) is 0.483. The average Bonchev–Trinajstić information content (AvgIpc) is 2.20. The fraction of sp³-hybridized carbons (Fsp3) is 0.100. The van der Waals surface area contributed by atoms with Crippen LogP contribution in [0.5, 0.6) is 0 Å². The molecule has 0 unspecified atom stereocenters. The van der Waals surface area contributed by atoms with Crippen molar-refractivity contribution in [2.24, 2.45) is 10.2 Å². The van der Waals surface area contributed by atoms with Crippen LogP contribution in [-0.4, -0.2) is 16.2 Å². The fourth-order valence-electron chi connectivity index (χ4n) is 0.885. The van der Waals surface area contributed by atoms with Gasteiger partial charge in [0.1, 0.15) is 5.76 Å². The van der Waals surface area contributed by atoms with Gasteiger partial charge in [-0.15, -0.1) is 5.11 Å². The van der Waals surface area contributed by atoms with Crippen LogP contribution in [0.2, 0.25) is 5.02 Å². The largest absolute Gasteiger partial charge is 0.510 e. The van der Waals surface area contributed by atoms with Crippen LogP contribution in [0.3, 0.4) is 0 Å². The number of rotatable bonds is 3. The summed E-state index contributed by atoms with van der Waals surface area (Å²) in [6.07, 6.45) is 0. The number of carbonyl (C=O) groups is 1. The number of hydrogen-bond acceptors (Lipinski definition) is 4. The van der Waals surface area contributed by atoms with Crippen LogP contribution < -0.4 is 0 Å². The number of allylic oxidation sites excluding steroid dienone is 1. The highest BCUT2D eigenvalue weighted by Crippen LogP contribution is 2.18. The van der Waals surface area contributed by atoms with Crippen LogP contribution in [0, 0.1) is 0 Å². The maximum Gasteiger partial charge on any atom is 0.359 e. The molecule has 0 saturated carbocycles. The van der Waals surface area contributed by atoms with E-state index in [-0.39, 0.29) is 0 Å². The Balaban J connectivity index is 2.92. The van der Waals surface area contributed by atoms with Crippen LogP contribution in [0.15, 0.2) is 46.0 Å². The van der Waals surface area contributed by atoms with Gasteiger partial charge in [-0.05, 0) is 31.2 Å². The SMILES string of the molecule is C/C(O)=C(/N=Nc1ccc(Cl)cc1)C(=O)O. The molecule has 0 bridgehead atoms. The van der Waals surface area contributed by atoms with Crippen molar-refractivity contribution in [1.29, 1.82) is 0 Å². The lowest BCUT2D eigenvalue weighted by Crippen LogP contribution is -2.00. The van der Waals surface area contributed by atoms with Gasteiger partial charge < -0.3 is 10.2 Å². The van der Waals surface area contributed by atoms with Gasteiger partial charge in [-0.3, -0.25) is 0 Å². The van der Waals surface area contributed by atoms with E-state index in [1.807, 2.05) is 0 Å². The third kappa shape index (κ3) is 3.36. The summed E-state index contributed by atoms with van der Waals surface area (Å²) in [7, 11) is 0. The highest BCUT2D eigenvalue weighted by Gasteiger charge is 2.09. The third-order valence-electron chi connectivity index (χ3n) is 1.64. The number of nitrogens with zero attached hydrogens (tertiary/aromatic N) is 2.